The first-order valence-corrected chi connectivity index (χ1v) is 9.94. The van der Waals surface area contributed by atoms with E-state index in [0.717, 1.165) is 0 Å². The summed E-state index contributed by atoms with van der Waals surface area (Å²) in [5.41, 5.74) is 11.1. The molecular formula is C17H28F6N4O2. The van der Waals surface area contributed by atoms with Crippen LogP contribution in [0.5, 0.6) is 0 Å². The molecule has 3 heterocycles. The van der Waals surface area contributed by atoms with E-state index in [1.165, 1.54) is 0 Å². The Kier molecular flexibility index (Phi) is 7.01. The van der Waals surface area contributed by atoms with Crippen LogP contribution in [0.4, 0.5) is 26.3 Å². The zero-order valence-corrected chi connectivity index (χ0v) is 16.0. The van der Waals surface area contributed by atoms with E-state index in [-0.39, 0.29) is 6.42 Å². The fourth-order valence-corrected chi connectivity index (χ4v) is 4.28. The number of nitrogens with one attached hydrogen (secondary N) is 3. The number of nitrogens with two attached hydrogens (primary N) is 1. The highest BCUT2D eigenvalue weighted by Crippen LogP contribution is 2.39. The van der Waals surface area contributed by atoms with Crippen molar-refractivity contribution in [1.29, 1.82) is 0 Å². The first-order valence-electron chi connectivity index (χ1n) is 9.94. The molecule has 0 spiro atoms. The fraction of sp³-hybridized carbons (Fsp3) is 1.00. The Morgan fingerprint density at radius 2 is 1.41 bits per heavy atom. The molecule has 0 amide bonds. The summed E-state index contributed by atoms with van der Waals surface area (Å²) < 4.78 is 92.3. The minimum Gasteiger partial charge on any atom is -0.360 e. The van der Waals surface area contributed by atoms with E-state index in [1.54, 1.807) is 6.92 Å². The lowest BCUT2D eigenvalue weighted by Gasteiger charge is -2.44. The van der Waals surface area contributed by atoms with E-state index in [1.807, 2.05) is 0 Å². The van der Waals surface area contributed by atoms with Crippen LogP contribution >= 0.6 is 0 Å². The van der Waals surface area contributed by atoms with Crippen LogP contribution in [0.2, 0.25) is 0 Å². The molecule has 7 unspecified atom stereocenters. The average molecular weight is 434 g/mol. The van der Waals surface area contributed by atoms with Crippen molar-refractivity contribution in [1.82, 2.24) is 16.2 Å². The van der Waals surface area contributed by atoms with Gasteiger partial charge in [-0.25, -0.2) is 10.9 Å². The lowest BCUT2D eigenvalue weighted by atomic mass is 9.87. The molecule has 3 rings (SSSR count). The summed E-state index contributed by atoms with van der Waals surface area (Å²) in [6.45, 7) is 1.67. The Morgan fingerprint density at radius 3 is 2.07 bits per heavy atom. The fourth-order valence-electron chi connectivity index (χ4n) is 4.28. The van der Waals surface area contributed by atoms with Gasteiger partial charge in [-0.05, 0) is 26.2 Å². The van der Waals surface area contributed by atoms with Crippen molar-refractivity contribution < 1.29 is 35.8 Å². The van der Waals surface area contributed by atoms with Gasteiger partial charge < -0.3 is 15.2 Å². The van der Waals surface area contributed by atoms with Gasteiger partial charge in [0.15, 0.2) is 0 Å². The molecule has 3 aliphatic heterocycles. The monoisotopic (exact) mass is 434 g/mol. The predicted octanol–water partition coefficient (Wildman–Crippen LogP) is 2.50. The summed E-state index contributed by atoms with van der Waals surface area (Å²) in [6, 6.07) is -1.83. The van der Waals surface area contributed by atoms with Crippen LogP contribution in [-0.4, -0.2) is 49.2 Å². The second-order valence-corrected chi connectivity index (χ2v) is 8.16. The minimum atomic E-state index is -4.52. The molecule has 8 atom stereocenters. The van der Waals surface area contributed by atoms with Crippen molar-refractivity contribution in [3.05, 3.63) is 0 Å². The first kappa shape index (κ1) is 23.0. The highest BCUT2D eigenvalue weighted by molar-refractivity contribution is 4.98. The number of hydrogen-bond acceptors (Lipinski definition) is 6. The Labute approximate surface area is 165 Å². The van der Waals surface area contributed by atoms with Crippen molar-refractivity contribution in [3.8, 4) is 0 Å². The second kappa shape index (κ2) is 8.83. The number of alkyl halides is 6. The Morgan fingerprint density at radius 1 is 0.793 bits per heavy atom. The number of rotatable bonds is 0. The van der Waals surface area contributed by atoms with E-state index in [4.69, 9.17) is 15.2 Å². The number of hydrogen-bond donors (Lipinski definition) is 4. The molecule has 6 nitrogen and oxygen atoms in total. The molecular weight excluding hydrogens is 406 g/mol. The van der Waals surface area contributed by atoms with Crippen LogP contribution in [0.15, 0.2) is 0 Å². The van der Waals surface area contributed by atoms with E-state index < -0.39 is 67.5 Å². The maximum absolute atomic E-state index is 13.5. The normalized spacial score (nSPS) is 43.0. The molecule has 29 heavy (non-hydrogen) atoms. The quantitative estimate of drug-likeness (QED) is 0.439. The van der Waals surface area contributed by atoms with Crippen molar-refractivity contribution >= 4 is 0 Å². The molecule has 0 aromatic heterocycles. The number of hydrazine groups is 1. The summed E-state index contributed by atoms with van der Waals surface area (Å²) in [4.78, 5) is 0. The smallest absolute Gasteiger partial charge is 0.360 e. The molecule has 3 fully saturated rings. The Hall–Kier alpha value is -0.660. The number of piperidine rings is 1. The molecule has 0 saturated carbocycles. The van der Waals surface area contributed by atoms with Gasteiger partial charge >= 0.3 is 12.4 Å². The van der Waals surface area contributed by atoms with E-state index in [0.29, 0.717) is 25.7 Å². The number of ether oxygens (including phenoxy) is 2. The molecule has 0 aliphatic carbocycles. The molecule has 4 bridgehead atoms. The van der Waals surface area contributed by atoms with Gasteiger partial charge in [0.1, 0.15) is 18.7 Å². The predicted molar refractivity (Wildman–Crippen MR) is 91.0 cm³/mol. The summed E-state index contributed by atoms with van der Waals surface area (Å²) in [7, 11) is 0. The number of fused-ring (bicyclic) bond motifs is 5. The van der Waals surface area contributed by atoms with Crippen LogP contribution < -0.4 is 21.9 Å². The van der Waals surface area contributed by atoms with Gasteiger partial charge in [0.05, 0.1) is 24.0 Å². The summed E-state index contributed by atoms with van der Waals surface area (Å²) in [5.74, 6) is -3.53. The molecule has 0 aromatic rings. The molecule has 12 heteroatoms. The molecule has 170 valence electrons. The lowest BCUT2D eigenvalue weighted by molar-refractivity contribution is -0.238. The highest BCUT2D eigenvalue weighted by Gasteiger charge is 2.54. The SMILES string of the molecule is C[C@@H]1CCCCCC(C(F)(F)F)C2NNC(O2)C2NC(O1)C(C(F)(F)F)CC2N. The average Bonchev–Trinajstić information content (AvgIpc) is 3.05. The number of halogens is 6. The second-order valence-electron chi connectivity index (χ2n) is 8.16. The summed E-state index contributed by atoms with van der Waals surface area (Å²) in [6.07, 6.45) is -11.8. The zero-order valence-electron chi connectivity index (χ0n) is 16.0. The van der Waals surface area contributed by atoms with Gasteiger partial charge in [0.25, 0.3) is 0 Å². The standard InChI is InChI=1S/C17H28F6N4O2/c1-8-5-3-2-4-6-9(16(18,19)20)14-26-27-15(29-14)12-11(24)7-10(17(21,22)23)13(25-12)28-8/h8-15,25-27H,2-7,24H2,1H3/t8-,9?,10?,11?,12?,13?,14?,15?/m1/s1. The maximum Gasteiger partial charge on any atom is 0.395 e. The van der Waals surface area contributed by atoms with Crippen LogP contribution in [0, 0.1) is 11.8 Å². The highest BCUT2D eigenvalue weighted by atomic mass is 19.4. The van der Waals surface area contributed by atoms with Crippen molar-refractivity contribution in [2.45, 2.75) is 94.7 Å². The Balaban J connectivity index is 1.82. The van der Waals surface area contributed by atoms with Gasteiger partial charge in [0.2, 0.25) is 0 Å². The van der Waals surface area contributed by atoms with Crippen molar-refractivity contribution in [2.24, 2.45) is 17.6 Å². The molecule has 0 aromatic carbocycles. The third-order valence-corrected chi connectivity index (χ3v) is 5.91. The topological polar surface area (TPSA) is 80.6 Å². The maximum atomic E-state index is 13.5. The molecule has 5 N–H and O–H groups in total. The van der Waals surface area contributed by atoms with Gasteiger partial charge in [-0.3, -0.25) is 5.32 Å². The van der Waals surface area contributed by atoms with Crippen LogP contribution in [0.3, 0.4) is 0 Å². The third kappa shape index (κ3) is 5.53. The third-order valence-electron chi connectivity index (χ3n) is 5.91. The first-order chi connectivity index (χ1) is 13.5. The van der Waals surface area contributed by atoms with Crippen molar-refractivity contribution in [2.75, 3.05) is 0 Å². The van der Waals surface area contributed by atoms with E-state index in [2.05, 4.69) is 16.2 Å². The van der Waals surface area contributed by atoms with Crippen LogP contribution in [0.1, 0.15) is 45.4 Å². The molecule has 3 saturated heterocycles. The van der Waals surface area contributed by atoms with E-state index >= 15 is 0 Å². The molecule has 0 radical (unpaired) electrons. The van der Waals surface area contributed by atoms with Gasteiger partial charge in [-0.1, -0.05) is 19.3 Å². The van der Waals surface area contributed by atoms with Gasteiger partial charge in [-0.15, -0.1) is 0 Å². The zero-order chi connectivity index (χ0) is 21.4. The van der Waals surface area contributed by atoms with Crippen LogP contribution in [0.25, 0.3) is 0 Å². The lowest BCUT2D eigenvalue weighted by Crippen LogP contribution is -2.67. The van der Waals surface area contributed by atoms with Crippen molar-refractivity contribution in [3.63, 3.8) is 0 Å². The van der Waals surface area contributed by atoms with E-state index in [9.17, 15) is 26.3 Å². The Bertz CT molecular complexity index is 549. The summed E-state index contributed by atoms with van der Waals surface area (Å²) >= 11 is 0. The minimum absolute atomic E-state index is 0.103. The molecule has 3 aliphatic rings. The van der Waals surface area contributed by atoms with Gasteiger partial charge in [0, 0.05) is 6.04 Å². The van der Waals surface area contributed by atoms with Gasteiger partial charge in [-0.2, -0.15) is 26.3 Å². The largest absolute Gasteiger partial charge is 0.395 e. The summed E-state index contributed by atoms with van der Waals surface area (Å²) in [5, 5.41) is 2.75. The van der Waals surface area contributed by atoms with Crippen LogP contribution in [-0.2, 0) is 9.47 Å².